The Balaban J connectivity index is 1.90. The SMILES string of the molecule is COC(=O)c1ccc2c(Oc3ccc(O)cc3)c(C(=O)c3c(C)cc(F)cc3C)sc2c1. The summed E-state index contributed by atoms with van der Waals surface area (Å²) in [4.78, 5) is 25.9. The average molecular weight is 450 g/mol. The lowest BCUT2D eigenvalue weighted by atomic mass is 9.97. The summed E-state index contributed by atoms with van der Waals surface area (Å²) in [6.45, 7) is 3.37. The number of benzene rings is 3. The molecule has 1 N–H and O–H groups in total. The summed E-state index contributed by atoms with van der Waals surface area (Å²) in [5, 5.41) is 10.2. The Hall–Kier alpha value is -3.71. The van der Waals surface area contributed by atoms with Gasteiger partial charge in [0, 0.05) is 15.6 Å². The molecule has 0 radical (unpaired) electrons. The Morgan fingerprint density at radius 1 is 0.969 bits per heavy atom. The lowest BCUT2D eigenvalue weighted by molar-refractivity contribution is 0.0600. The predicted octanol–water partition coefficient (Wildman–Crippen LogP) is 6.17. The molecule has 0 atom stereocenters. The van der Waals surface area contributed by atoms with Crippen molar-refractivity contribution >= 4 is 33.2 Å². The molecule has 1 aromatic heterocycles. The van der Waals surface area contributed by atoms with Crippen LogP contribution in [-0.4, -0.2) is 24.0 Å². The van der Waals surface area contributed by atoms with Gasteiger partial charge in [0.15, 0.2) is 5.75 Å². The number of carbonyl (C=O) groups is 2. The summed E-state index contributed by atoms with van der Waals surface area (Å²) < 4.78 is 25.3. The number of phenolic OH excluding ortho intramolecular Hbond substituents is 1. The van der Waals surface area contributed by atoms with Crippen molar-refractivity contribution in [2.45, 2.75) is 13.8 Å². The van der Waals surface area contributed by atoms with Gasteiger partial charge in [-0.1, -0.05) is 0 Å². The van der Waals surface area contributed by atoms with E-state index in [1.54, 1.807) is 44.2 Å². The number of halogens is 1. The van der Waals surface area contributed by atoms with Crippen LogP contribution in [0, 0.1) is 19.7 Å². The number of fused-ring (bicyclic) bond motifs is 1. The molecule has 0 saturated heterocycles. The molecule has 0 aliphatic carbocycles. The minimum atomic E-state index is -0.487. The number of methoxy groups -OCH3 is 1. The van der Waals surface area contributed by atoms with E-state index in [1.807, 2.05) is 0 Å². The number of aromatic hydroxyl groups is 1. The monoisotopic (exact) mass is 450 g/mol. The number of esters is 1. The molecule has 0 saturated carbocycles. The predicted molar refractivity (Wildman–Crippen MR) is 121 cm³/mol. The second-order valence-electron chi connectivity index (χ2n) is 7.30. The highest BCUT2D eigenvalue weighted by Crippen LogP contribution is 2.42. The van der Waals surface area contributed by atoms with Gasteiger partial charge in [-0.05, 0) is 79.6 Å². The molecule has 1 heterocycles. The molecule has 7 heteroatoms. The van der Waals surface area contributed by atoms with Crippen LogP contribution < -0.4 is 4.74 Å². The topological polar surface area (TPSA) is 72.8 Å². The Morgan fingerprint density at radius 2 is 1.62 bits per heavy atom. The third kappa shape index (κ3) is 3.94. The maximum atomic E-state index is 13.8. The molecule has 4 rings (SSSR count). The van der Waals surface area contributed by atoms with Crippen molar-refractivity contribution in [2.75, 3.05) is 7.11 Å². The molecule has 0 fully saturated rings. The number of hydrogen-bond donors (Lipinski definition) is 1. The largest absolute Gasteiger partial charge is 0.508 e. The van der Waals surface area contributed by atoms with E-state index < -0.39 is 11.8 Å². The van der Waals surface area contributed by atoms with Crippen LogP contribution in [-0.2, 0) is 4.74 Å². The van der Waals surface area contributed by atoms with Crippen LogP contribution in [0.5, 0.6) is 17.2 Å². The smallest absolute Gasteiger partial charge is 0.337 e. The number of ketones is 1. The van der Waals surface area contributed by atoms with E-state index in [4.69, 9.17) is 9.47 Å². The van der Waals surface area contributed by atoms with Gasteiger partial charge in [-0.2, -0.15) is 0 Å². The van der Waals surface area contributed by atoms with Crippen molar-refractivity contribution < 1.29 is 28.6 Å². The number of rotatable bonds is 5. The Bertz CT molecular complexity index is 1330. The van der Waals surface area contributed by atoms with Crippen LogP contribution in [0.1, 0.15) is 36.7 Å². The molecule has 5 nitrogen and oxygen atoms in total. The Labute approximate surface area is 187 Å². The molecule has 162 valence electrons. The van der Waals surface area contributed by atoms with Crippen molar-refractivity contribution in [3.05, 3.63) is 87.5 Å². The fourth-order valence-electron chi connectivity index (χ4n) is 3.58. The quantitative estimate of drug-likeness (QED) is 0.291. The molecule has 0 aliphatic heterocycles. The fourth-order valence-corrected chi connectivity index (χ4v) is 4.70. The maximum Gasteiger partial charge on any atom is 0.337 e. The Morgan fingerprint density at radius 3 is 2.25 bits per heavy atom. The number of aryl methyl sites for hydroxylation is 2. The van der Waals surface area contributed by atoms with Gasteiger partial charge in [0.1, 0.15) is 22.2 Å². The minimum Gasteiger partial charge on any atom is -0.508 e. The molecular formula is C25H19FO5S. The fraction of sp³-hybridized carbons (Fsp3) is 0.120. The van der Waals surface area contributed by atoms with Crippen molar-refractivity contribution in [2.24, 2.45) is 0 Å². The first-order valence-electron chi connectivity index (χ1n) is 9.71. The number of carbonyl (C=O) groups excluding carboxylic acids is 2. The highest BCUT2D eigenvalue weighted by Gasteiger charge is 2.25. The zero-order valence-corrected chi connectivity index (χ0v) is 18.4. The number of ether oxygens (including phenoxy) is 2. The van der Waals surface area contributed by atoms with E-state index >= 15 is 0 Å². The molecular weight excluding hydrogens is 431 g/mol. The summed E-state index contributed by atoms with van der Waals surface area (Å²) in [5.74, 6) is -0.337. The van der Waals surface area contributed by atoms with Gasteiger partial charge in [-0.25, -0.2) is 9.18 Å². The van der Waals surface area contributed by atoms with Gasteiger partial charge in [0.2, 0.25) is 5.78 Å². The standard InChI is InChI=1S/C25H19FO5S/c1-13-10-16(26)11-14(2)21(13)22(28)24-23(31-18-7-5-17(27)6-8-18)19-9-4-15(25(29)30-3)12-20(19)32-24/h4-12,27H,1-3H3. The summed E-state index contributed by atoms with van der Waals surface area (Å²) in [6.07, 6.45) is 0. The van der Waals surface area contributed by atoms with Gasteiger partial charge in [-0.15, -0.1) is 11.3 Å². The van der Waals surface area contributed by atoms with Gasteiger partial charge in [-0.3, -0.25) is 4.79 Å². The van der Waals surface area contributed by atoms with Gasteiger partial charge >= 0.3 is 5.97 Å². The van der Waals surface area contributed by atoms with Crippen LogP contribution in [0.4, 0.5) is 4.39 Å². The number of hydrogen-bond acceptors (Lipinski definition) is 6. The number of phenols is 1. The average Bonchev–Trinajstić information content (AvgIpc) is 3.11. The first kappa shape index (κ1) is 21.5. The van der Waals surface area contributed by atoms with Gasteiger partial charge < -0.3 is 14.6 Å². The zero-order valence-electron chi connectivity index (χ0n) is 17.6. The van der Waals surface area contributed by atoms with Crippen molar-refractivity contribution in [1.29, 1.82) is 0 Å². The third-order valence-electron chi connectivity index (χ3n) is 5.05. The van der Waals surface area contributed by atoms with Crippen molar-refractivity contribution in [3.63, 3.8) is 0 Å². The van der Waals surface area contributed by atoms with E-state index in [9.17, 15) is 19.1 Å². The van der Waals surface area contributed by atoms with Crippen molar-refractivity contribution in [3.8, 4) is 17.2 Å². The zero-order chi connectivity index (χ0) is 23.0. The summed E-state index contributed by atoms with van der Waals surface area (Å²) in [7, 11) is 1.30. The molecule has 0 unspecified atom stereocenters. The van der Waals surface area contributed by atoms with E-state index in [1.165, 1.54) is 42.7 Å². The van der Waals surface area contributed by atoms with Crippen LogP contribution in [0.2, 0.25) is 0 Å². The molecule has 3 aromatic carbocycles. The van der Waals surface area contributed by atoms with E-state index in [0.717, 1.165) is 0 Å². The van der Waals surface area contributed by atoms with Crippen LogP contribution in [0.15, 0.2) is 54.6 Å². The summed E-state index contributed by atoms with van der Waals surface area (Å²) in [5.41, 5.74) is 1.80. The van der Waals surface area contributed by atoms with Gasteiger partial charge in [0.05, 0.1) is 12.7 Å². The lowest BCUT2D eigenvalue weighted by Crippen LogP contribution is -2.06. The molecule has 4 aromatic rings. The lowest BCUT2D eigenvalue weighted by Gasteiger charge is -2.11. The summed E-state index contributed by atoms with van der Waals surface area (Å²) in [6, 6.07) is 13.7. The van der Waals surface area contributed by atoms with E-state index in [0.29, 0.717) is 48.7 Å². The molecule has 0 aliphatic rings. The second kappa shape index (κ2) is 8.43. The van der Waals surface area contributed by atoms with Crippen molar-refractivity contribution in [1.82, 2.24) is 0 Å². The maximum absolute atomic E-state index is 13.8. The van der Waals surface area contributed by atoms with Gasteiger partial charge in [0.25, 0.3) is 0 Å². The summed E-state index contributed by atoms with van der Waals surface area (Å²) >= 11 is 1.19. The van der Waals surface area contributed by atoms with Crippen LogP contribution in [0.3, 0.4) is 0 Å². The van der Waals surface area contributed by atoms with Crippen LogP contribution >= 0.6 is 11.3 Å². The highest BCUT2D eigenvalue weighted by molar-refractivity contribution is 7.21. The van der Waals surface area contributed by atoms with E-state index in [-0.39, 0.29) is 11.5 Å². The second-order valence-corrected chi connectivity index (χ2v) is 8.35. The third-order valence-corrected chi connectivity index (χ3v) is 6.19. The highest BCUT2D eigenvalue weighted by atomic mass is 32.1. The normalized spacial score (nSPS) is 10.9. The number of thiophene rings is 1. The molecule has 0 amide bonds. The first-order valence-corrected chi connectivity index (χ1v) is 10.5. The molecule has 0 spiro atoms. The Kier molecular flexibility index (Phi) is 5.67. The molecule has 32 heavy (non-hydrogen) atoms. The minimum absolute atomic E-state index is 0.0871. The van der Waals surface area contributed by atoms with E-state index in [2.05, 4.69) is 0 Å². The first-order chi connectivity index (χ1) is 15.3. The van der Waals surface area contributed by atoms with Crippen LogP contribution in [0.25, 0.3) is 10.1 Å². The molecule has 0 bridgehead atoms.